The number of nitrogens with one attached hydrogen (secondary N) is 1. The van der Waals surface area contributed by atoms with Gasteiger partial charge in [0, 0.05) is 38.1 Å². The molecule has 1 aromatic rings. The lowest BCUT2D eigenvalue weighted by Crippen LogP contribution is -2.48. The number of hydrogen-bond donors (Lipinski definition) is 1. The highest BCUT2D eigenvalue weighted by Crippen LogP contribution is 2.26. The molecule has 0 aromatic heterocycles. The normalized spacial score (nSPS) is 28.1. The monoisotopic (exact) mass is 260 g/mol. The Hall–Kier alpha value is -0.900. The number of rotatable bonds is 3. The van der Waals surface area contributed by atoms with Gasteiger partial charge in [-0.25, -0.2) is 0 Å². The second-order valence-electron chi connectivity index (χ2n) is 5.66. The summed E-state index contributed by atoms with van der Waals surface area (Å²) in [6.45, 7) is 8.41. The predicted molar refractivity (Wildman–Crippen MR) is 77.4 cm³/mol. The molecule has 0 saturated carbocycles. The van der Waals surface area contributed by atoms with E-state index >= 15 is 0 Å². The van der Waals surface area contributed by atoms with Gasteiger partial charge in [0.1, 0.15) is 0 Å². The van der Waals surface area contributed by atoms with E-state index < -0.39 is 0 Å². The van der Waals surface area contributed by atoms with Gasteiger partial charge in [0.15, 0.2) is 0 Å². The lowest BCUT2D eigenvalue weighted by Gasteiger charge is -2.38. The van der Waals surface area contributed by atoms with E-state index in [4.69, 9.17) is 4.74 Å². The van der Waals surface area contributed by atoms with Gasteiger partial charge in [0.25, 0.3) is 0 Å². The van der Waals surface area contributed by atoms with E-state index in [1.807, 2.05) is 0 Å². The molecule has 0 spiro atoms. The summed E-state index contributed by atoms with van der Waals surface area (Å²) in [7, 11) is 0. The van der Waals surface area contributed by atoms with Gasteiger partial charge in [0.2, 0.25) is 0 Å². The first-order chi connectivity index (χ1) is 9.38. The third kappa shape index (κ3) is 2.83. The van der Waals surface area contributed by atoms with Gasteiger partial charge in [-0.3, -0.25) is 4.90 Å². The molecule has 2 aliphatic rings. The maximum Gasteiger partial charge on any atom is 0.0622 e. The Labute approximate surface area is 115 Å². The van der Waals surface area contributed by atoms with Crippen LogP contribution in [0, 0.1) is 0 Å². The largest absolute Gasteiger partial charge is 0.378 e. The fraction of sp³-hybridized carbons (Fsp3) is 0.625. The lowest BCUT2D eigenvalue weighted by atomic mass is 9.90. The van der Waals surface area contributed by atoms with Crippen LogP contribution in [0.25, 0.3) is 0 Å². The van der Waals surface area contributed by atoms with Gasteiger partial charge in [-0.05, 0) is 17.5 Å². The van der Waals surface area contributed by atoms with Crippen molar-refractivity contribution in [3.63, 3.8) is 0 Å². The van der Waals surface area contributed by atoms with E-state index in [0.717, 1.165) is 39.4 Å². The van der Waals surface area contributed by atoms with Crippen molar-refractivity contribution in [3.05, 3.63) is 35.4 Å². The first-order valence-corrected chi connectivity index (χ1v) is 7.48. The molecule has 0 radical (unpaired) electrons. The summed E-state index contributed by atoms with van der Waals surface area (Å²) in [5.74, 6) is 0.622. The van der Waals surface area contributed by atoms with Crippen LogP contribution in [-0.4, -0.2) is 43.8 Å². The molecule has 3 nitrogen and oxygen atoms in total. The van der Waals surface area contributed by atoms with Crippen LogP contribution in [0.2, 0.25) is 0 Å². The molecule has 2 heterocycles. The molecule has 2 atom stereocenters. The fourth-order valence-corrected chi connectivity index (χ4v) is 3.34. The van der Waals surface area contributed by atoms with Gasteiger partial charge >= 0.3 is 0 Å². The van der Waals surface area contributed by atoms with Gasteiger partial charge < -0.3 is 10.1 Å². The van der Waals surface area contributed by atoms with Crippen molar-refractivity contribution in [2.75, 3.05) is 32.8 Å². The minimum absolute atomic E-state index is 0.600. The van der Waals surface area contributed by atoms with Gasteiger partial charge in [0.05, 0.1) is 13.2 Å². The van der Waals surface area contributed by atoms with Crippen molar-refractivity contribution in [3.8, 4) is 0 Å². The summed E-state index contributed by atoms with van der Waals surface area (Å²) < 4.78 is 5.60. The molecule has 2 unspecified atom stereocenters. The van der Waals surface area contributed by atoms with Gasteiger partial charge in [-0.2, -0.15) is 0 Å². The highest BCUT2D eigenvalue weighted by molar-refractivity contribution is 5.33. The smallest absolute Gasteiger partial charge is 0.0622 e. The molecule has 1 saturated heterocycles. The van der Waals surface area contributed by atoms with Gasteiger partial charge in [-0.15, -0.1) is 0 Å². The van der Waals surface area contributed by atoms with Crippen LogP contribution in [0.3, 0.4) is 0 Å². The second-order valence-corrected chi connectivity index (χ2v) is 5.66. The van der Waals surface area contributed by atoms with Crippen molar-refractivity contribution < 1.29 is 4.74 Å². The van der Waals surface area contributed by atoms with Crippen LogP contribution in [-0.2, 0) is 11.3 Å². The quantitative estimate of drug-likeness (QED) is 0.899. The van der Waals surface area contributed by atoms with Crippen molar-refractivity contribution in [1.29, 1.82) is 0 Å². The van der Waals surface area contributed by atoms with Crippen LogP contribution >= 0.6 is 0 Å². The zero-order valence-corrected chi connectivity index (χ0v) is 11.8. The summed E-state index contributed by atoms with van der Waals surface area (Å²) in [4.78, 5) is 2.62. The number of morpholine rings is 1. The van der Waals surface area contributed by atoms with Crippen molar-refractivity contribution >= 4 is 0 Å². The van der Waals surface area contributed by atoms with Crippen LogP contribution in [0.5, 0.6) is 0 Å². The van der Waals surface area contributed by atoms with Gasteiger partial charge in [-0.1, -0.05) is 31.2 Å². The highest BCUT2D eigenvalue weighted by atomic mass is 16.5. The number of nitrogens with zero attached hydrogens (tertiary/aromatic N) is 1. The number of fused-ring (bicyclic) bond motifs is 1. The van der Waals surface area contributed by atoms with Crippen LogP contribution in [0.1, 0.15) is 30.4 Å². The molecule has 0 amide bonds. The predicted octanol–water partition coefficient (Wildman–Crippen LogP) is 1.98. The average molecular weight is 260 g/mol. The number of benzene rings is 1. The molecular weight excluding hydrogens is 236 g/mol. The second kappa shape index (κ2) is 6.04. The molecule has 1 N–H and O–H groups in total. The summed E-state index contributed by atoms with van der Waals surface area (Å²) in [5.41, 5.74) is 3.02. The standard InChI is InChI=1S/C16H24N2O/c1-2-15-12-19-8-7-18(15)11-14-10-17-9-13-5-3-4-6-16(13)14/h3-6,14-15,17H,2,7-12H2,1H3. The zero-order valence-electron chi connectivity index (χ0n) is 11.8. The van der Waals surface area contributed by atoms with E-state index in [1.165, 1.54) is 12.0 Å². The fourth-order valence-electron chi connectivity index (χ4n) is 3.34. The van der Waals surface area contributed by atoms with Crippen molar-refractivity contribution in [1.82, 2.24) is 10.2 Å². The summed E-state index contributed by atoms with van der Waals surface area (Å²) in [6.07, 6.45) is 1.18. The zero-order chi connectivity index (χ0) is 13.1. The molecule has 0 aliphatic carbocycles. The Balaban J connectivity index is 1.73. The average Bonchev–Trinajstić information content (AvgIpc) is 2.48. The molecule has 1 aromatic carbocycles. The summed E-state index contributed by atoms with van der Waals surface area (Å²) in [5, 5.41) is 3.56. The minimum Gasteiger partial charge on any atom is -0.378 e. The van der Waals surface area contributed by atoms with E-state index in [2.05, 4.69) is 41.4 Å². The van der Waals surface area contributed by atoms with E-state index in [-0.39, 0.29) is 0 Å². The molecule has 2 aliphatic heterocycles. The van der Waals surface area contributed by atoms with Crippen LogP contribution in [0.4, 0.5) is 0 Å². The molecule has 3 rings (SSSR count). The van der Waals surface area contributed by atoms with Crippen molar-refractivity contribution in [2.45, 2.75) is 31.8 Å². The molecule has 3 heteroatoms. The molecular formula is C16H24N2O. The third-order valence-corrected chi connectivity index (χ3v) is 4.48. The Morgan fingerprint density at radius 2 is 2.26 bits per heavy atom. The van der Waals surface area contributed by atoms with Crippen LogP contribution < -0.4 is 5.32 Å². The first-order valence-electron chi connectivity index (χ1n) is 7.48. The molecule has 0 bridgehead atoms. The van der Waals surface area contributed by atoms with E-state index in [0.29, 0.717) is 12.0 Å². The third-order valence-electron chi connectivity index (χ3n) is 4.48. The first kappa shape index (κ1) is 13.1. The Kier molecular flexibility index (Phi) is 4.16. The number of ether oxygens (including phenoxy) is 1. The van der Waals surface area contributed by atoms with E-state index in [1.54, 1.807) is 5.56 Å². The topological polar surface area (TPSA) is 24.5 Å². The molecule has 19 heavy (non-hydrogen) atoms. The maximum atomic E-state index is 5.60. The Morgan fingerprint density at radius 1 is 1.37 bits per heavy atom. The van der Waals surface area contributed by atoms with Crippen molar-refractivity contribution in [2.24, 2.45) is 0 Å². The summed E-state index contributed by atoms with van der Waals surface area (Å²) >= 11 is 0. The lowest BCUT2D eigenvalue weighted by molar-refractivity contribution is -0.0115. The highest BCUT2D eigenvalue weighted by Gasteiger charge is 2.27. The van der Waals surface area contributed by atoms with E-state index in [9.17, 15) is 0 Å². The maximum absolute atomic E-state index is 5.60. The van der Waals surface area contributed by atoms with Crippen LogP contribution in [0.15, 0.2) is 24.3 Å². The summed E-state index contributed by atoms with van der Waals surface area (Å²) in [6, 6.07) is 9.48. The Bertz CT molecular complexity index is 421. The minimum atomic E-state index is 0.600. The molecule has 1 fully saturated rings. The Morgan fingerprint density at radius 3 is 3.16 bits per heavy atom. The number of hydrogen-bond acceptors (Lipinski definition) is 3. The SMILES string of the molecule is CCC1COCCN1CC1CNCc2ccccc21. The molecule has 104 valence electrons.